The van der Waals surface area contributed by atoms with Crippen molar-refractivity contribution in [2.24, 2.45) is 0 Å². The minimum absolute atomic E-state index is 0.0195. The van der Waals surface area contributed by atoms with Gasteiger partial charge in [-0.05, 0) is 24.1 Å². The summed E-state index contributed by atoms with van der Waals surface area (Å²) in [5, 5.41) is 10.4. The second-order valence-corrected chi connectivity index (χ2v) is 5.56. The summed E-state index contributed by atoms with van der Waals surface area (Å²) in [6, 6.07) is 4.38. The first-order chi connectivity index (χ1) is 10.0. The molecule has 5 nitrogen and oxygen atoms in total. The summed E-state index contributed by atoms with van der Waals surface area (Å²) >= 11 is 1.01. The molecule has 7 heteroatoms. The van der Waals surface area contributed by atoms with E-state index in [1.165, 1.54) is 17.0 Å². The van der Waals surface area contributed by atoms with Gasteiger partial charge in [-0.1, -0.05) is 6.07 Å². The molecule has 3 rings (SSSR count). The zero-order chi connectivity index (χ0) is 15.0. The molecule has 1 aromatic heterocycles. The molecule has 108 valence electrons. The number of aryl methyl sites for hydroxylation is 1. The Bertz CT molecular complexity index is 729. The lowest BCUT2D eigenvalue weighted by atomic mass is 10.0. The fourth-order valence-corrected chi connectivity index (χ4v) is 2.97. The number of hydrogen-bond acceptors (Lipinski definition) is 4. The summed E-state index contributed by atoms with van der Waals surface area (Å²) < 4.78 is 13.4. The Hall–Kier alpha value is -2.28. The number of aromatic nitrogens is 1. The van der Waals surface area contributed by atoms with Crippen molar-refractivity contribution in [3.8, 4) is 0 Å². The second kappa shape index (κ2) is 5.25. The molecular formula is C14H11FN2O3S. The molecule has 0 spiro atoms. The zero-order valence-corrected chi connectivity index (χ0v) is 11.7. The van der Waals surface area contributed by atoms with E-state index in [0.717, 1.165) is 16.9 Å². The largest absolute Gasteiger partial charge is 0.476 e. The standard InChI is InChI=1S/C14H11FN2O3S/c15-9-3-1-8-2-4-12(18)17(11(8)5-9)6-10-7-21-13(16-10)14(19)20/h1,3,5,7H,2,4,6H2,(H,19,20). The van der Waals surface area contributed by atoms with E-state index in [1.807, 2.05) is 0 Å². The van der Waals surface area contributed by atoms with E-state index in [0.29, 0.717) is 24.2 Å². The van der Waals surface area contributed by atoms with Crippen molar-refractivity contribution in [2.45, 2.75) is 19.4 Å². The molecular weight excluding hydrogens is 295 g/mol. The third-order valence-corrected chi connectivity index (χ3v) is 4.18. The van der Waals surface area contributed by atoms with Gasteiger partial charge in [-0.2, -0.15) is 0 Å². The Balaban J connectivity index is 1.92. The number of hydrogen-bond donors (Lipinski definition) is 1. The first kappa shape index (κ1) is 13.7. The number of halogens is 1. The molecule has 0 saturated heterocycles. The van der Waals surface area contributed by atoms with Gasteiger partial charge in [0.15, 0.2) is 0 Å². The molecule has 1 amide bonds. The van der Waals surface area contributed by atoms with Gasteiger partial charge < -0.3 is 10.0 Å². The van der Waals surface area contributed by atoms with Crippen LogP contribution in [0.3, 0.4) is 0 Å². The number of aromatic carboxylic acids is 1. The fraction of sp³-hybridized carbons (Fsp3) is 0.214. The van der Waals surface area contributed by atoms with E-state index < -0.39 is 11.8 Å². The molecule has 0 unspecified atom stereocenters. The summed E-state index contributed by atoms with van der Waals surface area (Å²) in [7, 11) is 0. The summed E-state index contributed by atoms with van der Waals surface area (Å²) in [5.74, 6) is -1.61. The van der Waals surface area contributed by atoms with Crippen molar-refractivity contribution >= 4 is 28.9 Å². The molecule has 2 heterocycles. The third-order valence-electron chi connectivity index (χ3n) is 3.30. The van der Waals surface area contributed by atoms with Gasteiger partial charge in [-0.25, -0.2) is 14.2 Å². The molecule has 1 N–H and O–H groups in total. The van der Waals surface area contributed by atoms with Gasteiger partial charge in [-0.15, -0.1) is 11.3 Å². The van der Waals surface area contributed by atoms with E-state index >= 15 is 0 Å². The highest BCUT2D eigenvalue weighted by Gasteiger charge is 2.25. The van der Waals surface area contributed by atoms with Crippen molar-refractivity contribution < 1.29 is 19.1 Å². The van der Waals surface area contributed by atoms with Gasteiger partial charge in [0.25, 0.3) is 0 Å². The Morgan fingerprint density at radius 2 is 2.24 bits per heavy atom. The van der Waals surface area contributed by atoms with Crippen LogP contribution in [0.4, 0.5) is 10.1 Å². The molecule has 1 aliphatic rings. The Labute approximate surface area is 123 Å². The van der Waals surface area contributed by atoms with Gasteiger partial charge in [-0.3, -0.25) is 4.79 Å². The number of nitrogens with zero attached hydrogens (tertiary/aromatic N) is 2. The molecule has 0 fully saturated rings. The molecule has 0 saturated carbocycles. The van der Waals surface area contributed by atoms with Crippen LogP contribution < -0.4 is 4.90 Å². The van der Waals surface area contributed by atoms with Crippen LogP contribution in [-0.2, 0) is 17.8 Å². The normalized spacial score (nSPS) is 14.1. The van der Waals surface area contributed by atoms with E-state index in [2.05, 4.69) is 4.98 Å². The van der Waals surface area contributed by atoms with Crippen LogP contribution >= 0.6 is 11.3 Å². The van der Waals surface area contributed by atoms with Crippen molar-refractivity contribution in [3.05, 3.63) is 45.7 Å². The van der Waals surface area contributed by atoms with Crippen molar-refractivity contribution in [1.29, 1.82) is 0 Å². The number of carbonyl (C=O) groups is 2. The number of rotatable bonds is 3. The molecule has 1 aliphatic heterocycles. The Morgan fingerprint density at radius 1 is 1.43 bits per heavy atom. The topological polar surface area (TPSA) is 70.5 Å². The predicted molar refractivity (Wildman–Crippen MR) is 75.0 cm³/mol. The van der Waals surface area contributed by atoms with E-state index in [9.17, 15) is 14.0 Å². The molecule has 0 radical (unpaired) electrons. The number of benzene rings is 1. The summed E-state index contributed by atoms with van der Waals surface area (Å²) in [5.41, 5.74) is 1.93. The molecule has 0 bridgehead atoms. The fourth-order valence-electron chi connectivity index (χ4n) is 2.32. The zero-order valence-electron chi connectivity index (χ0n) is 10.9. The number of carboxylic acids is 1. The van der Waals surface area contributed by atoms with Crippen LogP contribution in [-0.4, -0.2) is 22.0 Å². The van der Waals surface area contributed by atoms with Crippen LogP contribution in [0.25, 0.3) is 0 Å². The Morgan fingerprint density at radius 3 is 2.95 bits per heavy atom. The maximum absolute atomic E-state index is 13.4. The second-order valence-electron chi connectivity index (χ2n) is 4.70. The highest BCUT2D eigenvalue weighted by atomic mass is 32.1. The lowest BCUT2D eigenvalue weighted by molar-refractivity contribution is -0.119. The SMILES string of the molecule is O=C(O)c1nc(CN2C(=O)CCc3ccc(F)cc32)cs1. The van der Waals surface area contributed by atoms with Crippen LogP contribution in [0.5, 0.6) is 0 Å². The summed E-state index contributed by atoms with van der Waals surface area (Å²) in [4.78, 5) is 28.3. The molecule has 2 aromatic rings. The molecule has 0 aliphatic carbocycles. The first-order valence-electron chi connectivity index (χ1n) is 6.31. The highest BCUT2D eigenvalue weighted by molar-refractivity contribution is 7.11. The van der Waals surface area contributed by atoms with Gasteiger partial charge in [0.05, 0.1) is 17.9 Å². The van der Waals surface area contributed by atoms with Crippen LogP contribution in [0.2, 0.25) is 0 Å². The van der Waals surface area contributed by atoms with Gasteiger partial charge >= 0.3 is 5.97 Å². The van der Waals surface area contributed by atoms with Crippen LogP contribution in [0.1, 0.15) is 27.5 Å². The average Bonchev–Trinajstić information content (AvgIpc) is 2.91. The monoisotopic (exact) mass is 306 g/mol. The number of fused-ring (bicyclic) bond motifs is 1. The summed E-state index contributed by atoms with van der Waals surface area (Å²) in [6.07, 6.45) is 0.941. The molecule has 1 aromatic carbocycles. The van der Waals surface area contributed by atoms with Crippen LogP contribution in [0, 0.1) is 5.82 Å². The minimum atomic E-state index is -1.09. The van der Waals surface area contributed by atoms with Crippen molar-refractivity contribution in [1.82, 2.24) is 4.98 Å². The highest BCUT2D eigenvalue weighted by Crippen LogP contribution is 2.30. The van der Waals surface area contributed by atoms with Crippen molar-refractivity contribution in [2.75, 3.05) is 4.90 Å². The van der Waals surface area contributed by atoms with E-state index in [1.54, 1.807) is 11.4 Å². The number of carboxylic acid groups (broad SMARTS) is 1. The van der Waals surface area contributed by atoms with E-state index in [-0.39, 0.29) is 17.5 Å². The lowest BCUT2D eigenvalue weighted by Gasteiger charge is -2.28. The van der Waals surface area contributed by atoms with Crippen molar-refractivity contribution in [3.63, 3.8) is 0 Å². The third kappa shape index (κ3) is 2.64. The van der Waals surface area contributed by atoms with Gasteiger partial charge in [0, 0.05) is 11.8 Å². The predicted octanol–water partition coefficient (Wildman–Crippen LogP) is 2.46. The first-order valence-corrected chi connectivity index (χ1v) is 7.19. The number of carbonyl (C=O) groups excluding carboxylic acids is 1. The maximum Gasteiger partial charge on any atom is 0.365 e. The molecule has 21 heavy (non-hydrogen) atoms. The summed E-state index contributed by atoms with van der Waals surface area (Å²) in [6.45, 7) is 0.152. The van der Waals surface area contributed by atoms with Gasteiger partial charge in [0.2, 0.25) is 10.9 Å². The minimum Gasteiger partial charge on any atom is -0.476 e. The maximum atomic E-state index is 13.4. The quantitative estimate of drug-likeness (QED) is 0.945. The van der Waals surface area contributed by atoms with Gasteiger partial charge in [0.1, 0.15) is 5.82 Å². The smallest absolute Gasteiger partial charge is 0.365 e. The lowest BCUT2D eigenvalue weighted by Crippen LogP contribution is -2.34. The number of amides is 1. The number of anilines is 1. The molecule has 0 atom stereocenters. The Kier molecular flexibility index (Phi) is 3.42. The van der Waals surface area contributed by atoms with Crippen LogP contribution in [0.15, 0.2) is 23.6 Å². The average molecular weight is 306 g/mol. The van der Waals surface area contributed by atoms with E-state index in [4.69, 9.17) is 5.11 Å². The number of thiazole rings is 1.